The van der Waals surface area contributed by atoms with Gasteiger partial charge in [0.2, 0.25) is 5.91 Å². The Hall–Kier alpha value is -1.52. The number of piperidine rings is 1. The molecule has 2 N–H and O–H groups in total. The Morgan fingerprint density at radius 1 is 1.30 bits per heavy atom. The fourth-order valence-electron chi connectivity index (χ4n) is 2.89. The fourth-order valence-corrected chi connectivity index (χ4v) is 4.22. The molecule has 1 aromatic carbocycles. The number of amides is 1. The highest BCUT2D eigenvalue weighted by Gasteiger charge is 2.48. The number of alkyl halides is 3. The molecule has 0 aromatic heterocycles. The van der Waals surface area contributed by atoms with Gasteiger partial charge in [-0.3, -0.25) is 4.79 Å². The Balaban J connectivity index is 0.00000364. The average molecular weight is 431 g/mol. The number of halogens is 4. The van der Waals surface area contributed by atoms with E-state index in [2.05, 4.69) is 10.6 Å². The van der Waals surface area contributed by atoms with Gasteiger partial charge < -0.3 is 15.4 Å². The summed E-state index contributed by atoms with van der Waals surface area (Å²) in [5.74, 6) is -0.593. The Labute approximate surface area is 162 Å². The molecule has 1 aliphatic rings. The minimum Gasteiger partial charge on any atom is -0.484 e. The number of carbonyl (C=O) groups excluding carboxylic acids is 1. The van der Waals surface area contributed by atoms with Crippen LogP contribution in [0.15, 0.2) is 18.2 Å². The summed E-state index contributed by atoms with van der Waals surface area (Å²) in [6.07, 6.45) is -3.10. The third kappa shape index (κ3) is 5.73. The highest BCUT2D eigenvalue weighted by atomic mass is 35.5. The normalized spacial score (nSPS) is 16.9. The quantitative estimate of drug-likeness (QED) is 0.749. The van der Waals surface area contributed by atoms with Crippen LogP contribution in [0.5, 0.6) is 5.75 Å². The van der Waals surface area contributed by atoms with Gasteiger partial charge in [0, 0.05) is 11.9 Å². The molecule has 0 atom stereocenters. The number of hydrogen-bond acceptors (Lipinski definition) is 5. The van der Waals surface area contributed by atoms with Gasteiger partial charge in [0.25, 0.3) is 0 Å². The molecule has 27 heavy (non-hydrogen) atoms. The minimum absolute atomic E-state index is 0. The van der Waals surface area contributed by atoms with Crippen molar-refractivity contribution >= 4 is 33.8 Å². The van der Waals surface area contributed by atoms with Gasteiger partial charge >= 0.3 is 6.18 Å². The van der Waals surface area contributed by atoms with Crippen LogP contribution in [0.4, 0.5) is 18.9 Å². The summed E-state index contributed by atoms with van der Waals surface area (Å²) in [6.45, 7) is 0.940. The predicted molar refractivity (Wildman–Crippen MR) is 98.3 cm³/mol. The van der Waals surface area contributed by atoms with Gasteiger partial charge in [-0.1, -0.05) is 0 Å². The van der Waals surface area contributed by atoms with E-state index in [0.717, 1.165) is 6.26 Å². The zero-order valence-electron chi connectivity index (χ0n) is 14.9. The highest BCUT2D eigenvalue weighted by Crippen LogP contribution is 2.30. The second-order valence-electron chi connectivity index (χ2n) is 6.35. The van der Waals surface area contributed by atoms with Crippen LogP contribution >= 0.6 is 12.4 Å². The van der Waals surface area contributed by atoms with E-state index in [1.165, 1.54) is 25.1 Å². The van der Waals surface area contributed by atoms with E-state index in [-0.39, 0.29) is 31.0 Å². The molecule has 0 spiro atoms. The van der Waals surface area contributed by atoms with Crippen LogP contribution in [0.3, 0.4) is 0 Å². The van der Waals surface area contributed by atoms with E-state index in [4.69, 9.17) is 4.74 Å². The molecule has 1 fully saturated rings. The number of hydrogen-bond donors (Lipinski definition) is 2. The molecule has 1 aromatic rings. The monoisotopic (exact) mass is 430 g/mol. The van der Waals surface area contributed by atoms with Crippen LogP contribution < -0.4 is 15.4 Å². The molecule has 0 unspecified atom stereocenters. The molecule has 154 valence electrons. The topological polar surface area (TPSA) is 84.5 Å². The Bertz CT molecular complexity index is 778. The first-order chi connectivity index (χ1) is 11.9. The van der Waals surface area contributed by atoms with E-state index in [1.54, 1.807) is 0 Å². The summed E-state index contributed by atoms with van der Waals surface area (Å²) in [5, 5.41) is 5.60. The third-order valence-electron chi connectivity index (χ3n) is 4.36. The average Bonchev–Trinajstić information content (AvgIpc) is 2.52. The molecular formula is C16H22ClF3N2O4S. The molecular weight excluding hydrogens is 409 g/mol. The molecule has 1 heterocycles. The van der Waals surface area contributed by atoms with Crippen LogP contribution in [-0.4, -0.2) is 51.2 Å². The van der Waals surface area contributed by atoms with E-state index in [1.807, 2.05) is 0 Å². The smallest absolute Gasteiger partial charge is 0.422 e. The lowest BCUT2D eigenvalue weighted by Crippen LogP contribution is -2.55. The fraction of sp³-hybridized carbons (Fsp3) is 0.562. The molecule has 0 radical (unpaired) electrons. The SMILES string of the molecule is Cc1cc(NC(=O)C2(S(C)(=O)=O)CCNCC2)ccc1OCC(F)(F)F.Cl. The van der Waals surface area contributed by atoms with E-state index >= 15 is 0 Å². The maximum atomic E-state index is 12.7. The van der Waals surface area contributed by atoms with Gasteiger partial charge in [-0.15, -0.1) is 12.4 Å². The molecule has 2 rings (SSSR count). The molecule has 0 aliphatic carbocycles. The molecule has 6 nitrogen and oxygen atoms in total. The van der Waals surface area contributed by atoms with Crippen molar-refractivity contribution in [2.45, 2.75) is 30.7 Å². The maximum absolute atomic E-state index is 12.7. The molecule has 11 heteroatoms. The standard InChI is InChI=1S/C16H21F3N2O4S.ClH/c1-11-9-12(3-4-13(11)25-10-16(17,18)19)21-14(22)15(26(2,23)24)5-7-20-8-6-15;/h3-4,9,20H,5-8,10H2,1-2H3,(H,21,22);1H. The van der Waals surface area contributed by atoms with Gasteiger partial charge in [0.05, 0.1) is 0 Å². The van der Waals surface area contributed by atoms with Gasteiger partial charge in [-0.2, -0.15) is 13.2 Å². The predicted octanol–water partition coefficient (Wildman–Crippen LogP) is 2.46. The Morgan fingerprint density at radius 3 is 2.37 bits per heavy atom. The van der Waals surface area contributed by atoms with Crippen molar-refractivity contribution in [3.05, 3.63) is 23.8 Å². The number of benzene rings is 1. The number of sulfone groups is 1. The number of aryl methyl sites for hydroxylation is 1. The number of ether oxygens (including phenoxy) is 1. The third-order valence-corrected chi connectivity index (χ3v) is 6.37. The molecule has 1 saturated heterocycles. The molecule has 0 bridgehead atoms. The second kappa shape index (κ2) is 8.66. The van der Waals surface area contributed by atoms with Gasteiger partial charge in [-0.05, 0) is 56.6 Å². The van der Waals surface area contributed by atoms with Crippen LogP contribution in [0.25, 0.3) is 0 Å². The van der Waals surface area contributed by atoms with Crippen LogP contribution in [0, 0.1) is 6.92 Å². The second-order valence-corrected chi connectivity index (χ2v) is 8.68. The van der Waals surface area contributed by atoms with Crippen molar-refractivity contribution in [2.24, 2.45) is 0 Å². The van der Waals surface area contributed by atoms with Crippen molar-refractivity contribution in [1.82, 2.24) is 5.32 Å². The lowest BCUT2D eigenvalue weighted by molar-refractivity contribution is -0.153. The first kappa shape index (κ1) is 23.5. The molecule has 1 amide bonds. The first-order valence-corrected chi connectivity index (χ1v) is 9.86. The zero-order chi connectivity index (χ0) is 19.6. The lowest BCUT2D eigenvalue weighted by Gasteiger charge is -2.34. The van der Waals surface area contributed by atoms with Gasteiger partial charge in [0.1, 0.15) is 5.75 Å². The van der Waals surface area contributed by atoms with Crippen molar-refractivity contribution in [3.63, 3.8) is 0 Å². The Morgan fingerprint density at radius 2 is 1.89 bits per heavy atom. The summed E-state index contributed by atoms with van der Waals surface area (Å²) in [6, 6.07) is 4.14. The summed E-state index contributed by atoms with van der Waals surface area (Å²) in [7, 11) is -3.65. The summed E-state index contributed by atoms with van der Waals surface area (Å²) in [4.78, 5) is 12.7. The minimum atomic E-state index is -4.45. The van der Waals surface area contributed by atoms with Crippen LogP contribution in [0.2, 0.25) is 0 Å². The number of nitrogens with one attached hydrogen (secondary N) is 2. The number of carbonyl (C=O) groups is 1. The van der Waals surface area contributed by atoms with Crippen LogP contribution in [-0.2, 0) is 14.6 Å². The van der Waals surface area contributed by atoms with E-state index in [0.29, 0.717) is 24.3 Å². The highest BCUT2D eigenvalue weighted by molar-refractivity contribution is 7.92. The lowest BCUT2D eigenvalue weighted by atomic mass is 9.95. The summed E-state index contributed by atoms with van der Waals surface area (Å²) in [5.41, 5.74) is 0.694. The number of rotatable bonds is 5. The van der Waals surface area contributed by atoms with Crippen molar-refractivity contribution < 1.29 is 31.1 Å². The van der Waals surface area contributed by atoms with E-state index < -0.39 is 33.3 Å². The maximum Gasteiger partial charge on any atom is 0.422 e. The van der Waals surface area contributed by atoms with Crippen LogP contribution in [0.1, 0.15) is 18.4 Å². The van der Waals surface area contributed by atoms with Crippen molar-refractivity contribution in [3.8, 4) is 5.75 Å². The molecule has 1 aliphatic heterocycles. The van der Waals surface area contributed by atoms with E-state index in [9.17, 15) is 26.4 Å². The Kier molecular flexibility index (Phi) is 7.54. The van der Waals surface area contributed by atoms with Gasteiger partial charge in [-0.25, -0.2) is 8.42 Å². The summed E-state index contributed by atoms with van der Waals surface area (Å²) < 4.78 is 64.4. The zero-order valence-corrected chi connectivity index (χ0v) is 16.5. The largest absolute Gasteiger partial charge is 0.484 e. The number of anilines is 1. The molecule has 0 saturated carbocycles. The van der Waals surface area contributed by atoms with Gasteiger partial charge in [0.15, 0.2) is 21.2 Å². The first-order valence-electron chi connectivity index (χ1n) is 7.97. The van der Waals surface area contributed by atoms with Crippen molar-refractivity contribution in [2.75, 3.05) is 31.3 Å². The van der Waals surface area contributed by atoms with Crippen molar-refractivity contribution in [1.29, 1.82) is 0 Å². The summed E-state index contributed by atoms with van der Waals surface area (Å²) >= 11 is 0.